The summed E-state index contributed by atoms with van der Waals surface area (Å²) in [5.41, 5.74) is 0.992. The molecule has 3 rings (SSSR count). The monoisotopic (exact) mass is 366 g/mol. The molecule has 0 saturated carbocycles. The number of benzene rings is 1. The fraction of sp³-hybridized carbons (Fsp3) is 0.400. The van der Waals surface area contributed by atoms with Crippen molar-refractivity contribution in [2.75, 3.05) is 6.61 Å². The van der Waals surface area contributed by atoms with Gasteiger partial charge in [0, 0.05) is 10.5 Å². The molecule has 0 spiro atoms. The minimum absolute atomic E-state index is 0.0990. The van der Waals surface area contributed by atoms with Crippen LogP contribution in [0.25, 0.3) is 11.0 Å². The molecule has 1 aliphatic rings. The molecule has 0 amide bonds. The predicted molar refractivity (Wildman–Crippen MR) is 85.1 cm³/mol. The Kier molecular flexibility index (Phi) is 3.90. The fourth-order valence-electron chi connectivity index (χ4n) is 3.02. The Morgan fingerprint density at radius 3 is 2.95 bits per heavy atom. The van der Waals surface area contributed by atoms with Crippen LogP contribution in [0.3, 0.4) is 0 Å². The first-order chi connectivity index (χ1) is 10.5. The van der Waals surface area contributed by atoms with Gasteiger partial charge in [0.2, 0.25) is 0 Å². The molecule has 0 aliphatic carbocycles. The Morgan fingerprint density at radius 2 is 2.23 bits per heavy atom. The summed E-state index contributed by atoms with van der Waals surface area (Å²) in [6, 6.07) is 3.37. The highest BCUT2D eigenvalue weighted by Crippen LogP contribution is 2.32. The highest BCUT2D eigenvalue weighted by atomic mass is 79.9. The van der Waals surface area contributed by atoms with Gasteiger partial charge in [-0.05, 0) is 37.5 Å². The van der Waals surface area contributed by atoms with Crippen LogP contribution in [-0.2, 0) is 16.0 Å². The minimum Gasteiger partial charge on any atom is -0.466 e. The molecule has 1 unspecified atom stereocenters. The minimum atomic E-state index is -0.674. The molecule has 0 bridgehead atoms. The second-order valence-corrected chi connectivity index (χ2v) is 6.21. The van der Waals surface area contributed by atoms with E-state index >= 15 is 0 Å². The van der Waals surface area contributed by atoms with E-state index in [-0.39, 0.29) is 18.4 Å². The Hall–Kier alpha value is -1.89. The standard InChI is InChI=1S/C15H15BrN2O4/c1-2-22-12(19)7-10-4-3-8-5-9(16)6-11-13(8)18(10)15(21)14(20)17-11/h5-6,10H,2-4,7H2,1H3,(H,17,20). The van der Waals surface area contributed by atoms with Crippen LogP contribution in [0.1, 0.15) is 31.4 Å². The third kappa shape index (κ3) is 2.49. The van der Waals surface area contributed by atoms with Crippen LogP contribution in [0.5, 0.6) is 0 Å². The zero-order chi connectivity index (χ0) is 15.9. The van der Waals surface area contributed by atoms with E-state index in [4.69, 9.17) is 4.74 Å². The van der Waals surface area contributed by atoms with Crippen molar-refractivity contribution in [3.8, 4) is 0 Å². The lowest BCUT2D eigenvalue weighted by Gasteiger charge is -2.27. The topological polar surface area (TPSA) is 81.2 Å². The normalized spacial score (nSPS) is 16.7. The maximum Gasteiger partial charge on any atom is 0.317 e. The number of nitrogens with one attached hydrogen (secondary N) is 1. The first kappa shape index (κ1) is 15.0. The number of carbonyl (C=O) groups is 1. The molecule has 1 aromatic carbocycles. The lowest BCUT2D eigenvalue weighted by Crippen LogP contribution is -2.40. The van der Waals surface area contributed by atoms with Crippen LogP contribution < -0.4 is 11.1 Å². The number of aryl methyl sites for hydroxylation is 1. The Morgan fingerprint density at radius 1 is 1.45 bits per heavy atom. The number of rotatable bonds is 3. The zero-order valence-corrected chi connectivity index (χ0v) is 13.6. The second kappa shape index (κ2) is 5.72. The van der Waals surface area contributed by atoms with Gasteiger partial charge in [-0.1, -0.05) is 15.9 Å². The van der Waals surface area contributed by atoms with Crippen LogP contribution in [0.4, 0.5) is 0 Å². The number of aromatic amines is 1. The highest BCUT2D eigenvalue weighted by Gasteiger charge is 2.26. The van der Waals surface area contributed by atoms with Crippen LogP contribution in [0.2, 0.25) is 0 Å². The number of ether oxygens (including phenoxy) is 1. The van der Waals surface area contributed by atoms with Gasteiger partial charge < -0.3 is 9.72 Å². The van der Waals surface area contributed by atoms with Crippen molar-refractivity contribution < 1.29 is 9.53 Å². The van der Waals surface area contributed by atoms with Gasteiger partial charge >= 0.3 is 17.1 Å². The molecule has 6 nitrogen and oxygen atoms in total. The Balaban J connectivity index is 2.20. The second-order valence-electron chi connectivity index (χ2n) is 5.29. The number of esters is 1. The third-order valence-corrected chi connectivity index (χ3v) is 4.33. The Bertz CT molecular complexity index is 868. The Labute approximate surface area is 134 Å². The number of hydrogen-bond donors (Lipinski definition) is 1. The highest BCUT2D eigenvalue weighted by molar-refractivity contribution is 9.10. The van der Waals surface area contributed by atoms with E-state index in [1.54, 1.807) is 13.0 Å². The molecule has 0 radical (unpaired) electrons. The van der Waals surface area contributed by atoms with Gasteiger partial charge in [-0.2, -0.15) is 0 Å². The van der Waals surface area contributed by atoms with Gasteiger partial charge in [0.25, 0.3) is 0 Å². The van der Waals surface area contributed by atoms with E-state index in [1.807, 2.05) is 6.07 Å². The van der Waals surface area contributed by atoms with Gasteiger partial charge in [0.15, 0.2) is 0 Å². The quantitative estimate of drug-likeness (QED) is 0.664. The summed E-state index contributed by atoms with van der Waals surface area (Å²) in [5, 5.41) is 0. The molecule has 2 aromatic rings. The van der Waals surface area contributed by atoms with Crippen molar-refractivity contribution in [2.45, 2.75) is 32.2 Å². The van der Waals surface area contributed by atoms with Gasteiger partial charge in [-0.3, -0.25) is 19.0 Å². The van der Waals surface area contributed by atoms with Crippen molar-refractivity contribution in [3.05, 3.63) is 42.9 Å². The van der Waals surface area contributed by atoms with E-state index < -0.39 is 11.1 Å². The predicted octanol–water partition coefficient (Wildman–Crippen LogP) is 1.89. The zero-order valence-electron chi connectivity index (χ0n) is 12.0. The number of carbonyl (C=O) groups excluding carboxylic acids is 1. The summed E-state index contributed by atoms with van der Waals surface area (Å²) in [4.78, 5) is 38.6. The van der Waals surface area contributed by atoms with E-state index in [1.165, 1.54) is 4.57 Å². The van der Waals surface area contributed by atoms with Gasteiger partial charge in [0.1, 0.15) is 0 Å². The summed E-state index contributed by atoms with van der Waals surface area (Å²) < 4.78 is 7.27. The van der Waals surface area contributed by atoms with E-state index in [2.05, 4.69) is 20.9 Å². The molecule has 1 N–H and O–H groups in total. The van der Waals surface area contributed by atoms with E-state index in [9.17, 15) is 14.4 Å². The molecule has 2 heterocycles. The smallest absolute Gasteiger partial charge is 0.317 e. The van der Waals surface area contributed by atoms with Crippen LogP contribution in [0.15, 0.2) is 26.2 Å². The first-order valence-corrected chi connectivity index (χ1v) is 7.93. The molecule has 1 aliphatic heterocycles. The van der Waals surface area contributed by atoms with Crippen molar-refractivity contribution in [3.63, 3.8) is 0 Å². The van der Waals surface area contributed by atoms with Gasteiger partial charge in [0.05, 0.1) is 24.1 Å². The van der Waals surface area contributed by atoms with Gasteiger partial charge in [-0.15, -0.1) is 0 Å². The average Bonchev–Trinajstić information content (AvgIpc) is 2.45. The van der Waals surface area contributed by atoms with Crippen LogP contribution >= 0.6 is 15.9 Å². The van der Waals surface area contributed by atoms with Crippen LogP contribution in [0, 0.1) is 0 Å². The van der Waals surface area contributed by atoms with Crippen LogP contribution in [-0.4, -0.2) is 22.1 Å². The molecule has 0 fully saturated rings. The molecule has 1 atom stereocenters. The SMILES string of the molecule is CCOC(=O)CC1CCc2cc(Br)cc3[nH]c(=O)c(=O)n1c23. The average molecular weight is 367 g/mol. The molecule has 0 saturated heterocycles. The summed E-state index contributed by atoms with van der Waals surface area (Å²) in [5.74, 6) is -0.353. The van der Waals surface area contributed by atoms with E-state index in [0.29, 0.717) is 24.1 Å². The summed E-state index contributed by atoms with van der Waals surface area (Å²) in [7, 11) is 0. The maximum absolute atomic E-state index is 12.3. The van der Waals surface area contributed by atoms with Crippen molar-refractivity contribution in [2.24, 2.45) is 0 Å². The lowest BCUT2D eigenvalue weighted by molar-refractivity contribution is -0.144. The molecule has 1 aromatic heterocycles. The lowest BCUT2D eigenvalue weighted by atomic mass is 9.96. The molecule has 7 heteroatoms. The number of aromatic nitrogens is 2. The first-order valence-electron chi connectivity index (χ1n) is 7.13. The number of H-pyrrole nitrogens is 1. The fourth-order valence-corrected chi connectivity index (χ4v) is 3.52. The van der Waals surface area contributed by atoms with Crippen molar-refractivity contribution in [1.29, 1.82) is 0 Å². The third-order valence-electron chi connectivity index (χ3n) is 3.88. The number of hydrogen-bond acceptors (Lipinski definition) is 4. The molecular formula is C15H15BrN2O4. The molecular weight excluding hydrogens is 352 g/mol. The summed E-state index contributed by atoms with van der Waals surface area (Å²) in [6.07, 6.45) is 1.47. The number of halogens is 1. The van der Waals surface area contributed by atoms with Crippen molar-refractivity contribution in [1.82, 2.24) is 9.55 Å². The summed E-state index contributed by atoms with van der Waals surface area (Å²) >= 11 is 3.41. The van der Waals surface area contributed by atoms with Gasteiger partial charge in [-0.25, -0.2) is 0 Å². The van der Waals surface area contributed by atoms with E-state index in [0.717, 1.165) is 16.5 Å². The molecule has 116 valence electrons. The number of nitrogens with zero attached hydrogens (tertiary/aromatic N) is 1. The summed E-state index contributed by atoms with van der Waals surface area (Å²) in [6.45, 7) is 2.04. The molecule has 22 heavy (non-hydrogen) atoms. The maximum atomic E-state index is 12.3. The van der Waals surface area contributed by atoms with Crippen molar-refractivity contribution >= 4 is 32.9 Å². The largest absolute Gasteiger partial charge is 0.466 e.